The maximum absolute atomic E-state index is 10.0. The van der Waals surface area contributed by atoms with Crippen LogP contribution < -0.4 is 0 Å². The van der Waals surface area contributed by atoms with Crippen LogP contribution in [0.4, 0.5) is 0 Å². The molecule has 0 saturated heterocycles. The fourth-order valence-electron chi connectivity index (χ4n) is 0.0429. The number of halogens is 2. The number of carbonyl (C=O) groups is 1. The summed E-state index contributed by atoms with van der Waals surface area (Å²) in [6, 6.07) is 0. The SMILES string of the molecule is C/C(=C\Br)C(=O)Cl. The minimum Gasteiger partial charge on any atom is -0.276 e. The minimum atomic E-state index is -0.420. The predicted molar refractivity (Wildman–Crippen MR) is 33.5 cm³/mol. The van der Waals surface area contributed by atoms with E-state index in [0.717, 1.165) is 0 Å². The Kier molecular flexibility index (Phi) is 3.30. The first-order chi connectivity index (χ1) is 3.18. The largest absolute Gasteiger partial charge is 0.276 e. The van der Waals surface area contributed by atoms with Crippen molar-refractivity contribution in [2.75, 3.05) is 0 Å². The molecule has 0 unspecified atom stereocenters. The highest BCUT2D eigenvalue weighted by atomic mass is 79.9. The van der Waals surface area contributed by atoms with Gasteiger partial charge in [-0.25, -0.2) is 0 Å². The lowest BCUT2D eigenvalue weighted by atomic mass is 10.4. The Bertz CT molecular complexity index is 108. The first-order valence-electron chi connectivity index (χ1n) is 1.65. The van der Waals surface area contributed by atoms with Gasteiger partial charge >= 0.3 is 0 Å². The van der Waals surface area contributed by atoms with E-state index < -0.39 is 5.24 Å². The summed E-state index contributed by atoms with van der Waals surface area (Å²) in [4.78, 5) is 11.5. The van der Waals surface area contributed by atoms with Crippen molar-refractivity contribution in [3.63, 3.8) is 0 Å². The van der Waals surface area contributed by atoms with Crippen molar-refractivity contribution in [2.24, 2.45) is 0 Å². The summed E-state index contributed by atoms with van der Waals surface area (Å²) in [7, 11) is 0. The summed E-state index contributed by atoms with van der Waals surface area (Å²) in [6.45, 7) is 1.63. The Balaban J connectivity index is 3.82. The molecule has 0 N–H and O–H groups in total. The highest BCUT2D eigenvalue weighted by Crippen LogP contribution is 2.00. The molecule has 0 aliphatic heterocycles. The van der Waals surface area contributed by atoms with E-state index in [-0.39, 0.29) is 0 Å². The zero-order valence-corrected chi connectivity index (χ0v) is 6.08. The normalized spacial score (nSPS) is 11.6. The molecule has 1 nitrogen and oxygen atoms in total. The molecule has 0 radical (unpaired) electrons. The van der Waals surface area contributed by atoms with Crippen LogP contribution in [0.5, 0.6) is 0 Å². The monoisotopic (exact) mass is 182 g/mol. The lowest BCUT2D eigenvalue weighted by Gasteiger charge is -1.81. The maximum atomic E-state index is 10.0. The quantitative estimate of drug-likeness (QED) is 0.449. The molecule has 7 heavy (non-hydrogen) atoms. The summed E-state index contributed by atoms with van der Waals surface area (Å²) in [5.74, 6) is 0. The molecule has 0 bridgehead atoms. The number of allylic oxidation sites excluding steroid dienone is 1. The van der Waals surface area contributed by atoms with Gasteiger partial charge < -0.3 is 0 Å². The Morgan fingerprint density at radius 1 is 1.86 bits per heavy atom. The molecule has 0 fully saturated rings. The van der Waals surface area contributed by atoms with E-state index in [1.54, 1.807) is 6.92 Å². The molecule has 0 aromatic heterocycles. The van der Waals surface area contributed by atoms with E-state index in [0.29, 0.717) is 5.57 Å². The molecule has 0 saturated carbocycles. The molecule has 0 aromatic rings. The smallest absolute Gasteiger partial charge is 0.248 e. The first kappa shape index (κ1) is 7.18. The third kappa shape index (κ3) is 2.83. The zero-order valence-electron chi connectivity index (χ0n) is 3.74. The van der Waals surface area contributed by atoms with E-state index in [9.17, 15) is 4.79 Å². The summed E-state index contributed by atoms with van der Waals surface area (Å²) in [5, 5.41) is -0.420. The fraction of sp³-hybridized carbons (Fsp3) is 0.250. The molecule has 0 spiro atoms. The summed E-state index contributed by atoms with van der Waals surface area (Å²) < 4.78 is 0. The average molecular weight is 183 g/mol. The number of carbonyl (C=O) groups excluding carboxylic acids is 1. The predicted octanol–water partition coefficient (Wildman–Crippen LogP) is 2.05. The van der Waals surface area contributed by atoms with Crippen molar-refractivity contribution < 1.29 is 4.79 Å². The van der Waals surface area contributed by atoms with Crippen molar-refractivity contribution in [3.05, 3.63) is 10.6 Å². The first-order valence-corrected chi connectivity index (χ1v) is 2.94. The Morgan fingerprint density at radius 3 is 2.29 bits per heavy atom. The molecular weight excluding hydrogens is 179 g/mol. The Morgan fingerprint density at radius 2 is 2.29 bits per heavy atom. The standard InChI is InChI=1S/C4H4BrClO/c1-3(2-5)4(6)7/h2H,1H3/b3-2+. The zero-order chi connectivity index (χ0) is 5.86. The second kappa shape index (κ2) is 3.22. The van der Waals surface area contributed by atoms with Crippen LogP contribution >= 0.6 is 27.5 Å². The van der Waals surface area contributed by atoms with E-state index in [4.69, 9.17) is 11.6 Å². The highest BCUT2D eigenvalue weighted by molar-refractivity contribution is 9.11. The van der Waals surface area contributed by atoms with Crippen LogP contribution in [0.15, 0.2) is 10.6 Å². The molecule has 3 heteroatoms. The van der Waals surface area contributed by atoms with Crippen molar-refractivity contribution in [3.8, 4) is 0 Å². The van der Waals surface area contributed by atoms with Crippen LogP contribution in [0.3, 0.4) is 0 Å². The molecule has 0 aromatic carbocycles. The third-order valence-electron chi connectivity index (χ3n) is 0.474. The second-order valence-electron chi connectivity index (χ2n) is 1.07. The van der Waals surface area contributed by atoms with Gasteiger partial charge in [-0.15, -0.1) is 0 Å². The highest BCUT2D eigenvalue weighted by Gasteiger charge is 1.93. The van der Waals surface area contributed by atoms with E-state index >= 15 is 0 Å². The van der Waals surface area contributed by atoms with E-state index in [2.05, 4.69) is 15.9 Å². The second-order valence-corrected chi connectivity index (χ2v) is 1.87. The van der Waals surface area contributed by atoms with Gasteiger partial charge in [-0.3, -0.25) is 4.79 Å². The summed E-state index contributed by atoms with van der Waals surface area (Å²) in [6.07, 6.45) is 0. The van der Waals surface area contributed by atoms with Gasteiger partial charge in [0.15, 0.2) is 0 Å². The summed E-state index contributed by atoms with van der Waals surface area (Å²) in [5.41, 5.74) is 0.515. The molecular formula is C4H4BrClO. The van der Waals surface area contributed by atoms with Crippen LogP contribution in [-0.4, -0.2) is 5.24 Å². The van der Waals surface area contributed by atoms with Crippen molar-refractivity contribution in [1.82, 2.24) is 0 Å². The maximum Gasteiger partial charge on any atom is 0.248 e. The topological polar surface area (TPSA) is 17.1 Å². The summed E-state index contributed by atoms with van der Waals surface area (Å²) >= 11 is 7.94. The molecule has 0 amide bonds. The van der Waals surface area contributed by atoms with Crippen molar-refractivity contribution >= 4 is 32.8 Å². The van der Waals surface area contributed by atoms with Gasteiger partial charge in [0.25, 0.3) is 0 Å². The molecule has 0 atom stereocenters. The van der Waals surface area contributed by atoms with Crippen molar-refractivity contribution in [1.29, 1.82) is 0 Å². The van der Waals surface area contributed by atoms with Crippen LogP contribution in [0.25, 0.3) is 0 Å². The van der Waals surface area contributed by atoms with Gasteiger partial charge in [-0.1, -0.05) is 15.9 Å². The number of hydrogen-bond donors (Lipinski definition) is 0. The van der Waals surface area contributed by atoms with Gasteiger partial charge in [0.1, 0.15) is 0 Å². The van der Waals surface area contributed by atoms with Gasteiger partial charge in [-0.05, 0) is 23.5 Å². The Hall–Kier alpha value is 0.180. The average Bonchev–Trinajstić information content (AvgIpc) is 1.65. The lowest BCUT2D eigenvalue weighted by molar-refractivity contribution is -0.108. The molecule has 0 heterocycles. The van der Waals surface area contributed by atoms with Crippen LogP contribution in [0.1, 0.15) is 6.92 Å². The molecule has 0 rings (SSSR count). The molecule has 40 valence electrons. The van der Waals surface area contributed by atoms with Gasteiger partial charge in [0, 0.05) is 5.57 Å². The van der Waals surface area contributed by atoms with E-state index in [1.165, 1.54) is 4.99 Å². The van der Waals surface area contributed by atoms with Gasteiger partial charge in [0.05, 0.1) is 0 Å². The third-order valence-corrected chi connectivity index (χ3v) is 1.46. The van der Waals surface area contributed by atoms with Crippen LogP contribution in [-0.2, 0) is 4.79 Å². The lowest BCUT2D eigenvalue weighted by Crippen LogP contribution is -1.83. The molecule has 0 aliphatic rings. The van der Waals surface area contributed by atoms with E-state index in [1.807, 2.05) is 0 Å². The Labute approximate surface area is 55.5 Å². The van der Waals surface area contributed by atoms with Gasteiger partial charge in [-0.2, -0.15) is 0 Å². The van der Waals surface area contributed by atoms with Crippen LogP contribution in [0.2, 0.25) is 0 Å². The van der Waals surface area contributed by atoms with Crippen LogP contribution in [0, 0.1) is 0 Å². The number of rotatable bonds is 1. The fourth-order valence-corrected chi connectivity index (χ4v) is 0.437. The minimum absolute atomic E-state index is 0.420. The molecule has 0 aliphatic carbocycles. The number of hydrogen-bond acceptors (Lipinski definition) is 1. The van der Waals surface area contributed by atoms with Crippen molar-refractivity contribution in [2.45, 2.75) is 6.92 Å². The van der Waals surface area contributed by atoms with Gasteiger partial charge in [0.2, 0.25) is 5.24 Å².